The van der Waals surface area contributed by atoms with Crippen molar-refractivity contribution in [3.05, 3.63) is 23.9 Å². The Morgan fingerprint density at radius 3 is 2.63 bits per heavy atom. The van der Waals surface area contributed by atoms with E-state index >= 15 is 0 Å². The summed E-state index contributed by atoms with van der Waals surface area (Å²) in [6, 6.07) is 3.92. The maximum absolute atomic E-state index is 12.3. The Labute approximate surface area is 198 Å². The monoisotopic (exact) mass is 550 g/mol. The van der Waals surface area contributed by atoms with E-state index in [-0.39, 0.29) is 29.7 Å². The zero-order valence-electron chi connectivity index (χ0n) is 18.3. The minimum Gasteiger partial charge on any atom is -0.474 e. The lowest BCUT2D eigenvalue weighted by molar-refractivity contribution is 0.148. The SMILES string of the molecule is CCNC(=NCc1ccc(OC2CCCCC2)nc1)N1CCS(=O)(=O)C(C)(C)C1.I. The molecule has 1 saturated heterocycles. The minimum atomic E-state index is -3.07. The summed E-state index contributed by atoms with van der Waals surface area (Å²) in [6.45, 7) is 7.70. The van der Waals surface area contributed by atoms with Crippen LogP contribution in [0.3, 0.4) is 0 Å². The first kappa shape index (κ1) is 25.2. The summed E-state index contributed by atoms with van der Waals surface area (Å²) in [6.07, 6.45) is 8.11. The largest absolute Gasteiger partial charge is 0.474 e. The molecule has 0 radical (unpaired) electrons. The number of rotatable bonds is 5. The van der Waals surface area contributed by atoms with Crippen molar-refractivity contribution in [3.63, 3.8) is 0 Å². The van der Waals surface area contributed by atoms with E-state index in [2.05, 4.69) is 10.3 Å². The Balaban J connectivity index is 0.00000320. The van der Waals surface area contributed by atoms with Gasteiger partial charge in [0.05, 0.1) is 17.0 Å². The minimum absolute atomic E-state index is 0. The summed E-state index contributed by atoms with van der Waals surface area (Å²) in [5.41, 5.74) is 1.00. The maximum atomic E-state index is 12.3. The quantitative estimate of drug-likeness (QED) is 0.344. The highest BCUT2D eigenvalue weighted by Crippen LogP contribution is 2.24. The van der Waals surface area contributed by atoms with Gasteiger partial charge in [-0.15, -0.1) is 24.0 Å². The number of pyridine rings is 1. The molecular formula is C21H35IN4O3S. The third kappa shape index (κ3) is 6.45. The lowest BCUT2D eigenvalue weighted by atomic mass is 9.98. The average Bonchev–Trinajstić information content (AvgIpc) is 2.69. The lowest BCUT2D eigenvalue weighted by Gasteiger charge is -2.39. The van der Waals surface area contributed by atoms with Crippen LogP contribution in [-0.2, 0) is 16.4 Å². The number of aliphatic imine (C=N–C) groups is 1. The second-order valence-corrected chi connectivity index (χ2v) is 11.3. The van der Waals surface area contributed by atoms with Crippen LogP contribution in [0.5, 0.6) is 5.88 Å². The molecule has 2 heterocycles. The second-order valence-electron chi connectivity index (χ2n) is 8.55. The van der Waals surface area contributed by atoms with Crippen molar-refractivity contribution in [1.29, 1.82) is 0 Å². The molecule has 1 aromatic heterocycles. The first-order valence-corrected chi connectivity index (χ1v) is 12.3. The Hall–Kier alpha value is -1.10. The molecule has 1 aromatic rings. The van der Waals surface area contributed by atoms with Gasteiger partial charge in [0.1, 0.15) is 6.10 Å². The standard InChI is InChI=1S/C21H34N4O3S.HI/c1-4-22-20(25-12-13-29(26,27)21(2,3)16-25)24-15-17-10-11-19(23-14-17)28-18-8-6-5-7-9-18;/h10-11,14,18H,4-9,12-13,15-16H2,1-3H3,(H,22,24);1H. The van der Waals surface area contributed by atoms with E-state index in [1.54, 1.807) is 13.8 Å². The van der Waals surface area contributed by atoms with Crippen LogP contribution < -0.4 is 10.1 Å². The highest BCUT2D eigenvalue weighted by Gasteiger charge is 2.40. The molecule has 1 saturated carbocycles. The second kappa shape index (κ2) is 11.0. The number of hydrogen-bond acceptors (Lipinski definition) is 5. The zero-order chi connectivity index (χ0) is 20.9. The molecule has 0 bridgehead atoms. The molecule has 0 atom stereocenters. The van der Waals surface area contributed by atoms with Crippen LogP contribution in [0, 0.1) is 0 Å². The van der Waals surface area contributed by atoms with E-state index in [1.165, 1.54) is 19.3 Å². The van der Waals surface area contributed by atoms with E-state index in [4.69, 9.17) is 9.73 Å². The van der Waals surface area contributed by atoms with Crippen LogP contribution in [0.2, 0.25) is 0 Å². The van der Waals surface area contributed by atoms with E-state index in [0.29, 0.717) is 31.6 Å². The van der Waals surface area contributed by atoms with Gasteiger partial charge in [-0.2, -0.15) is 0 Å². The zero-order valence-corrected chi connectivity index (χ0v) is 21.4. The van der Waals surface area contributed by atoms with Gasteiger partial charge in [-0.1, -0.05) is 12.5 Å². The molecule has 1 N–H and O–H groups in total. The molecule has 1 aliphatic carbocycles. The summed E-state index contributed by atoms with van der Waals surface area (Å²) in [5, 5.41) is 3.29. The van der Waals surface area contributed by atoms with E-state index in [9.17, 15) is 8.42 Å². The predicted octanol–water partition coefficient (Wildman–Crippen LogP) is 3.39. The first-order chi connectivity index (χ1) is 13.8. The van der Waals surface area contributed by atoms with Crippen LogP contribution in [0.4, 0.5) is 0 Å². The highest BCUT2D eigenvalue weighted by atomic mass is 127. The number of guanidine groups is 1. The van der Waals surface area contributed by atoms with E-state index in [0.717, 1.165) is 30.9 Å². The molecule has 0 aromatic carbocycles. The fourth-order valence-corrected chi connectivity index (χ4v) is 5.21. The molecule has 7 nitrogen and oxygen atoms in total. The molecule has 0 amide bonds. The van der Waals surface area contributed by atoms with Crippen molar-refractivity contribution in [2.24, 2.45) is 4.99 Å². The molecule has 9 heteroatoms. The molecule has 2 fully saturated rings. The van der Waals surface area contributed by atoms with Crippen LogP contribution in [0.15, 0.2) is 23.3 Å². The summed E-state index contributed by atoms with van der Waals surface area (Å²) in [7, 11) is -3.07. The van der Waals surface area contributed by atoms with Gasteiger partial charge in [0.2, 0.25) is 5.88 Å². The van der Waals surface area contributed by atoms with Crippen molar-refractivity contribution < 1.29 is 13.2 Å². The number of aromatic nitrogens is 1. The normalized spacial score (nSPS) is 21.6. The smallest absolute Gasteiger partial charge is 0.213 e. The highest BCUT2D eigenvalue weighted by molar-refractivity contribution is 14.0. The number of nitrogens with one attached hydrogen (secondary N) is 1. The average molecular weight is 551 g/mol. The molecular weight excluding hydrogens is 515 g/mol. The topological polar surface area (TPSA) is 83.9 Å². The van der Waals surface area contributed by atoms with Crippen LogP contribution in [0.25, 0.3) is 0 Å². The number of halogens is 1. The number of nitrogens with zero attached hydrogens (tertiary/aromatic N) is 3. The van der Waals surface area contributed by atoms with Gasteiger partial charge in [0.25, 0.3) is 0 Å². The van der Waals surface area contributed by atoms with Crippen molar-refractivity contribution in [3.8, 4) is 5.88 Å². The Morgan fingerprint density at radius 1 is 1.30 bits per heavy atom. The van der Waals surface area contributed by atoms with Crippen molar-refractivity contribution >= 4 is 39.8 Å². The van der Waals surface area contributed by atoms with Gasteiger partial charge in [-0.3, -0.25) is 0 Å². The lowest BCUT2D eigenvalue weighted by Crippen LogP contribution is -2.57. The van der Waals surface area contributed by atoms with Crippen LogP contribution in [0.1, 0.15) is 58.4 Å². The Kier molecular flexibility index (Phi) is 9.20. The summed E-state index contributed by atoms with van der Waals surface area (Å²) in [5.74, 6) is 1.58. The van der Waals surface area contributed by atoms with Gasteiger partial charge in [-0.25, -0.2) is 18.4 Å². The molecule has 3 rings (SSSR count). The van der Waals surface area contributed by atoms with Gasteiger partial charge < -0.3 is 15.0 Å². The summed E-state index contributed by atoms with van der Waals surface area (Å²) >= 11 is 0. The third-order valence-corrected chi connectivity index (χ3v) is 8.26. The summed E-state index contributed by atoms with van der Waals surface area (Å²) in [4.78, 5) is 11.2. The molecule has 0 spiro atoms. The van der Waals surface area contributed by atoms with Crippen LogP contribution in [-0.4, -0.2) is 60.5 Å². The maximum Gasteiger partial charge on any atom is 0.213 e. The van der Waals surface area contributed by atoms with Crippen molar-refractivity contribution in [2.45, 2.75) is 70.3 Å². The molecule has 2 aliphatic rings. The molecule has 30 heavy (non-hydrogen) atoms. The fraction of sp³-hybridized carbons (Fsp3) is 0.714. The summed E-state index contributed by atoms with van der Waals surface area (Å²) < 4.78 is 29.8. The van der Waals surface area contributed by atoms with Gasteiger partial charge in [-0.05, 0) is 52.0 Å². The van der Waals surface area contributed by atoms with E-state index < -0.39 is 14.6 Å². The molecule has 170 valence electrons. The number of sulfone groups is 1. The fourth-order valence-electron chi connectivity index (χ4n) is 3.84. The molecule has 1 aliphatic heterocycles. The number of ether oxygens (including phenoxy) is 1. The van der Waals surface area contributed by atoms with Gasteiger partial charge >= 0.3 is 0 Å². The van der Waals surface area contributed by atoms with Crippen LogP contribution >= 0.6 is 24.0 Å². The Bertz CT molecular complexity index is 806. The van der Waals surface area contributed by atoms with E-state index in [1.807, 2.05) is 30.2 Å². The Morgan fingerprint density at radius 2 is 2.03 bits per heavy atom. The third-order valence-electron chi connectivity index (χ3n) is 5.73. The predicted molar refractivity (Wildman–Crippen MR) is 131 cm³/mol. The van der Waals surface area contributed by atoms with Crippen molar-refractivity contribution in [1.82, 2.24) is 15.2 Å². The molecule has 0 unspecified atom stereocenters. The first-order valence-electron chi connectivity index (χ1n) is 10.7. The number of hydrogen-bond donors (Lipinski definition) is 1. The van der Waals surface area contributed by atoms with Crippen molar-refractivity contribution in [2.75, 3.05) is 25.4 Å². The van der Waals surface area contributed by atoms with Gasteiger partial charge in [0, 0.05) is 31.9 Å². The van der Waals surface area contributed by atoms with Gasteiger partial charge in [0.15, 0.2) is 15.8 Å².